The number of allylic oxidation sites excluding steroid dienone is 2. The molecule has 0 saturated heterocycles. The van der Waals surface area contributed by atoms with E-state index in [2.05, 4.69) is 81.0 Å². The van der Waals surface area contributed by atoms with Crippen LogP contribution in [0.5, 0.6) is 0 Å². The Hall–Kier alpha value is 0.940. The van der Waals surface area contributed by atoms with E-state index in [1.807, 2.05) is 0 Å². The summed E-state index contributed by atoms with van der Waals surface area (Å²) in [5, 5.41) is 0. The van der Waals surface area contributed by atoms with Crippen molar-refractivity contribution >= 4 is 45.2 Å². The molecule has 0 N–H and O–H groups in total. The standard InChI is InChI=1S/2C4H7I/c2*1-4(2)3-5/h2*3H,1-2H3. The topological polar surface area (TPSA) is 0 Å². The molecule has 0 fully saturated rings. The molecule has 0 heterocycles. The average molecular weight is 364 g/mol. The molecule has 0 spiro atoms. The van der Waals surface area contributed by atoms with E-state index in [4.69, 9.17) is 0 Å². The molecule has 0 atom stereocenters. The van der Waals surface area contributed by atoms with Crippen LogP contribution in [0.4, 0.5) is 0 Å². The molecule has 0 rings (SSSR count). The number of hydrogen-bond donors (Lipinski definition) is 0. The predicted octanol–water partition coefficient (Wildman–Crippen LogP) is 4.69. The van der Waals surface area contributed by atoms with Crippen molar-refractivity contribution in [3.05, 3.63) is 19.3 Å². The van der Waals surface area contributed by atoms with Crippen molar-refractivity contribution in [1.82, 2.24) is 0 Å². The maximum absolute atomic E-state index is 2.22. The highest BCUT2D eigenvalue weighted by Crippen LogP contribution is 1.92. The molecule has 60 valence electrons. The molecule has 2 heteroatoms. The highest BCUT2D eigenvalue weighted by Gasteiger charge is 1.62. The van der Waals surface area contributed by atoms with Crippen molar-refractivity contribution in [1.29, 1.82) is 0 Å². The maximum atomic E-state index is 2.22. The molecule has 0 nitrogen and oxygen atoms in total. The van der Waals surface area contributed by atoms with E-state index in [0.717, 1.165) is 0 Å². The monoisotopic (exact) mass is 364 g/mol. The van der Waals surface area contributed by atoms with Gasteiger partial charge >= 0.3 is 0 Å². The van der Waals surface area contributed by atoms with Crippen molar-refractivity contribution < 1.29 is 0 Å². The lowest BCUT2D eigenvalue weighted by molar-refractivity contribution is 1.42. The normalized spacial score (nSPS) is 7.00. The molecule has 0 bridgehead atoms. The highest BCUT2D eigenvalue weighted by atomic mass is 127. The van der Waals surface area contributed by atoms with Crippen LogP contribution in [0, 0.1) is 0 Å². The summed E-state index contributed by atoms with van der Waals surface area (Å²) < 4.78 is 4.11. The molecule has 0 radical (unpaired) electrons. The van der Waals surface area contributed by atoms with Gasteiger partial charge in [0.2, 0.25) is 0 Å². The first-order chi connectivity index (χ1) is 4.54. The molecule has 0 saturated carbocycles. The Kier molecular flexibility index (Phi) is 13.4. The Balaban J connectivity index is 0. The van der Waals surface area contributed by atoms with Crippen molar-refractivity contribution in [2.75, 3.05) is 0 Å². The molecular formula is C8H14I2. The second kappa shape index (κ2) is 9.94. The molecule has 0 aromatic heterocycles. The van der Waals surface area contributed by atoms with Gasteiger partial charge in [-0.2, -0.15) is 0 Å². The fourth-order valence-corrected chi connectivity index (χ4v) is 0. The van der Waals surface area contributed by atoms with Crippen LogP contribution >= 0.6 is 45.2 Å². The zero-order chi connectivity index (χ0) is 8.57. The van der Waals surface area contributed by atoms with E-state index in [9.17, 15) is 0 Å². The minimum Gasteiger partial charge on any atom is -0.0704 e. The first-order valence-electron chi connectivity index (χ1n) is 3.01. The summed E-state index contributed by atoms with van der Waals surface area (Å²) in [5.41, 5.74) is 2.73. The Bertz CT molecular complexity index is 99.2. The molecule has 10 heavy (non-hydrogen) atoms. The Labute approximate surface area is 91.4 Å². The van der Waals surface area contributed by atoms with E-state index in [1.54, 1.807) is 0 Å². The van der Waals surface area contributed by atoms with Crippen LogP contribution in [0.25, 0.3) is 0 Å². The van der Waals surface area contributed by atoms with Gasteiger partial charge in [0, 0.05) is 0 Å². The number of hydrogen-bond acceptors (Lipinski definition) is 0. The van der Waals surface area contributed by atoms with Gasteiger partial charge in [-0.1, -0.05) is 56.3 Å². The zero-order valence-corrected chi connectivity index (χ0v) is 11.2. The summed E-state index contributed by atoms with van der Waals surface area (Å²) in [5.74, 6) is 0. The lowest BCUT2D eigenvalue weighted by atomic mass is 10.4. The zero-order valence-electron chi connectivity index (χ0n) is 6.91. The summed E-state index contributed by atoms with van der Waals surface area (Å²) in [4.78, 5) is 0. The van der Waals surface area contributed by atoms with Crippen LogP contribution in [0.15, 0.2) is 19.3 Å². The summed E-state index contributed by atoms with van der Waals surface area (Å²) in [6.07, 6.45) is 0. The van der Waals surface area contributed by atoms with Crippen molar-refractivity contribution in [2.45, 2.75) is 27.7 Å². The lowest BCUT2D eigenvalue weighted by Gasteiger charge is -1.72. The minimum atomic E-state index is 1.37. The third-order valence-electron chi connectivity index (χ3n) is 0.436. The molecule has 0 aliphatic carbocycles. The number of halogens is 2. The smallest absolute Gasteiger partial charge is 0.0247 e. The fraction of sp³-hybridized carbons (Fsp3) is 0.500. The molecule has 0 amide bonds. The van der Waals surface area contributed by atoms with Crippen LogP contribution in [-0.4, -0.2) is 0 Å². The van der Waals surface area contributed by atoms with E-state index in [0.29, 0.717) is 0 Å². The first-order valence-corrected chi connectivity index (χ1v) is 5.51. The molecular weight excluding hydrogens is 350 g/mol. The van der Waals surface area contributed by atoms with Gasteiger partial charge in [-0.15, -0.1) is 0 Å². The summed E-state index contributed by atoms with van der Waals surface area (Å²) in [6.45, 7) is 8.30. The Morgan fingerprint density at radius 3 is 0.900 bits per heavy atom. The quantitative estimate of drug-likeness (QED) is 0.548. The maximum Gasteiger partial charge on any atom is -0.0247 e. The van der Waals surface area contributed by atoms with Crippen molar-refractivity contribution in [3.63, 3.8) is 0 Å². The third kappa shape index (κ3) is 23.1. The second-order valence-electron chi connectivity index (χ2n) is 2.37. The predicted molar refractivity (Wildman–Crippen MR) is 66.9 cm³/mol. The van der Waals surface area contributed by atoms with Gasteiger partial charge in [0.05, 0.1) is 0 Å². The average Bonchev–Trinajstić information content (AvgIpc) is 1.89. The van der Waals surface area contributed by atoms with Gasteiger partial charge in [0.25, 0.3) is 0 Å². The fourth-order valence-electron chi connectivity index (χ4n) is 0. The molecule has 0 aromatic rings. The van der Waals surface area contributed by atoms with Gasteiger partial charge < -0.3 is 0 Å². The molecule has 0 aromatic carbocycles. The third-order valence-corrected chi connectivity index (χ3v) is 2.93. The van der Waals surface area contributed by atoms with Gasteiger partial charge in [-0.05, 0) is 35.9 Å². The summed E-state index contributed by atoms with van der Waals surface area (Å²) in [7, 11) is 0. The second-order valence-corrected chi connectivity index (χ2v) is 3.62. The summed E-state index contributed by atoms with van der Waals surface area (Å²) >= 11 is 4.43. The van der Waals surface area contributed by atoms with Crippen molar-refractivity contribution in [2.24, 2.45) is 0 Å². The molecule has 0 aliphatic heterocycles. The number of rotatable bonds is 0. The van der Waals surface area contributed by atoms with E-state index in [-0.39, 0.29) is 0 Å². The van der Waals surface area contributed by atoms with Crippen LogP contribution in [0.3, 0.4) is 0 Å². The van der Waals surface area contributed by atoms with Gasteiger partial charge in [0.1, 0.15) is 0 Å². The van der Waals surface area contributed by atoms with Gasteiger partial charge in [-0.25, -0.2) is 0 Å². The van der Waals surface area contributed by atoms with E-state index >= 15 is 0 Å². The van der Waals surface area contributed by atoms with Crippen molar-refractivity contribution in [3.8, 4) is 0 Å². The Morgan fingerprint density at radius 2 is 0.900 bits per heavy atom. The Morgan fingerprint density at radius 1 is 0.800 bits per heavy atom. The summed E-state index contributed by atoms with van der Waals surface area (Å²) in [6, 6.07) is 0. The van der Waals surface area contributed by atoms with E-state index < -0.39 is 0 Å². The van der Waals surface area contributed by atoms with Crippen LogP contribution in [0.1, 0.15) is 27.7 Å². The minimum absolute atomic E-state index is 1.37. The van der Waals surface area contributed by atoms with Gasteiger partial charge in [0.15, 0.2) is 0 Å². The highest BCUT2D eigenvalue weighted by molar-refractivity contribution is 14.1. The largest absolute Gasteiger partial charge is 0.0704 e. The molecule has 0 aliphatic rings. The van der Waals surface area contributed by atoms with Gasteiger partial charge in [-0.3, -0.25) is 0 Å². The molecule has 0 unspecified atom stereocenters. The SMILES string of the molecule is CC(C)=CI.CC(C)=CI. The van der Waals surface area contributed by atoms with E-state index in [1.165, 1.54) is 11.1 Å². The van der Waals surface area contributed by atoms with Crippen LogP contribution < -0.4 is 0 Å². The first kappa shape index (κ1) is 13.5. The van der Waals surface area contributed by atoms with Crippen LogP contribution in [0.2, 0.25) is 0 Å². The lowest BCUT2D eigenvalue weighted by Crippen LogP contribution is -1.48. The van der Waals surface area contributed by atoms with Crippen LogP contribution in [-0.2, 0) is 0 Å².